The van der Waals surface area contributed by atoms with Crippen molar-refractivity contribution in [3.05, 3.63) is 45.9 Å². The second kappa shape index (κ2) is 6.75. The molecule has 0 fully saturated rings. The lowest BCUT2D eigenvalue weighted by Crippen LogP contribution is -2.05. The molecule has 0 bridgehead atoms. The molecule has 2 rings (SSSR count). The number of anilines is 1. The van der Waals surface area contributed by atoms with E-state index in [-0.39, 0.29) is 11.9 Å². The van der Waals surface area contributed by atoms with Crippen molar-refractivity contribution in [2.75, 3.05) is 11.9 Å². The van der Waals surface area contributed by atoms with E-state index in [1.807, 2.05) is 13.0 Å². The van der Waals surface area contributed by atoms with Crippen molar-refractivity contribution in [1.82, 2.24) is 0 Å². The number of ether oxygens (including phenoxy) is 1. The van der Waals surface area contributed by atoms with Crippen LogP contribution in [0.1, 0.15) is 36.6 Å². The summed E-state index contributed by atoms with van der Waals surface area (Å²) in [6.45, 7) is 6.54. The maximum atomic E-state index is 13.8. The van der Waals surface area contributed by atoms with E-state index in [2.05, 4.69) is 31.3 Å². The molecule has 0 amide bonds. The zero-order valence-electron chi connectivity index (χ0n) is 12.1. The molecule has 0 aliphatic heterocycles. The van der Waals surface area contributed by atoms with Gasteiger partial charge in [-0.25, -0.2) is 4.39 Å². The van der Waals surface area contributed by atoms with Crippen LogP contribution in [-0.4, -0.2) is 6.61 Å². The van der Waals surface area contributed by atoms with Crippen LogP contribution in [0.25, 0.3) is 0 Å². The number of nitrogens with one attached hydrogen (secondary N) is 1. The van der Waals surface area contributed by atoms with Gasteiger partial charge in [-0.3, -0.25) is 0 Å². The second-order valence-corrected chi connectivity index (χ2v) is 5.80. The molecule has 108 valence electrons. The molecule has 0 saturated carbocycles. The molecule has 1 N–H and O–H groups in total. The van der Waals surface area contributed by atoms with Crippen LogP contribution in [0.4, 0.5) is 10.1 Å². The SMILES string of the molecule is CCOc1ccc(NC(C)c2ccc(CC)s2)cc1F. The Labute approximate surface area is 123 Å². The fourth-order valence-electron chi connectivity index (χ4n) is 2.00. The molecule has 2 aromatic rings. The number of benzene rings is 1. The monoisotopic (exact) mass is 293 g/mol. The van der Waals surface area contributed by atoms with Crippen LogP contribution < -0.4 is 10.1 Å². The number of hydrogen-bond acceptors (Lipinski definition) is 3. The number of aryl methyl sites for hydroxylation is 1. The first-order valence-corrected chi connectivity index (χ1v) is 7.73. The van der Waals surface area contributed by atoms with Crippen molar-refractivity contribution in [3.63, 3.8) is 0 Å². The molecule has 1 aromatic heterocycles. The molecule has 0 radical (unpaired) electrons. The summed E-state index contributed by atoms with van der Waals surface area (Å²) in [6.07, 6.45) is 1.05. The summed E-state index contributed by atoms with van der Waals surface area (Å²) in [6, 6.07) is 9.44. The molecule has 0 saturated heterocycles. The average molecular weight is 293 g/mol. The van der Waals surface area contributed by atoms with Crippen molar-refractivity contribution in [2.24, 2.45) is 0 Å². The Morgan fingerprint density at radius 3 is 2.65 bits per heavy atom. The summed E-state index contributed by atoms with van der Waals surface area (Å²) < 4.78 is 19.0. The van der Waals surface area contributed by atoms with Gasteiger partial charge in [0.1, 0.15) is 0 Å². The first kappa shape index (κ1) is 14.9. The smallest absolute Gasteiger partial charge is 0.167 e. The lowest BCUT2D eigenvalue weighted by molar-refractivity contribution is 0.321. The largest absolute Gasteiger partial charge is 0.491 e. The van der Waals surface area contributed by atoms with Gasteiger partial charge in [0.2, 0.25) is 0 Å². The van der Waals surface area contributed by atoms with E-state index in [1.165, 1.54) is 15.8 Å². The fraction of sp³-hybridized carbons (Fsp3) is 0.375. The quantitative estimate of drug-likeness (QED) is 0.807. The van der Waals surface area contributed by atoms with E-state index >= 15 is 0 Å². The van der Waals surface area contributed by atoms with Crippen molar-refractivity contribution in [1.29, 1.82) is 0 Å². The molecule has 1 unspecified atom stereocenters. The Morgan fingerprint density at radius 1 is 1.25 bits per heavy atom. The van der Waals surface area contributed by atoms with Gasteiger partial charge in [-0.1, -0.05) is 6.92 Å². The summed E-state index contributed by atoms with van der Waals surface area (Å²) in [5.74, 6) is -0.0282. The van der Waals surface area contributed by atoms with Crippen molar-refractivity contribution >= 4 is 17.0 Å². The highest BCUT2D eigenvalue weighted by Crippen LogP contribution is 2.28. The Bertz CT molecular complexity index is 567. The molecule has 2 nitrogen and oxygen atoms in total. The highest BCUT2D eigenvalue weighted by molar-refractivity contribution is 7.12. The summed E-state index contributed by atoms with van der Waals surface area (Å²) in [7, 11) is 0. The average Bonchev–Trinajstić information content (AvgIpc) is 2.91. The second-order valence-electron chi connectivity index (χ2n) is 4.60. The fourth-order valence-corrected chi connectivity index (χ4v) is 2.96. The third-order valence-corrected chi connectivity index (χ3v) is 4.48. The van der Waals surface area contributed by atoms with Gasteiger partial charge in [0.25, 0.3) is 0 Å². The van der Waals surface area contributed by atoms with Crippen LogP contribution >= 0.6 is 11.3 Å². The van der Waals surface area contributed by atoms with Crippen molar-refractivity contribution in [2.45, 2.75) is 33.2 Å². The van der Waals surface area contributed by atoms with E-state index in [4.69, 9.17) is 4.74 Å². The van der Waals surface area contributed by atoms with E-state index < -0.39 is 0 Å². The molecule has 0 spiro atoms. The Morgan fingerprint density at radius 2 is 2.05 bits per heavy atom. The number of thiophene rings is 1. The lowest BCUT2D eigenvalue weighted by atomic mass is 10.2. The zero-order chi connectivity index (χ0) is 14.5. The third kappa shape index (κ3) is 3.51. The first-order valence-electron chi connectivity index (χ1n) is 6.91. The van der Waals surface area contributed by atoms with Gasteiger partial charge in [0.15, 0.2) is 11.6 Å². The number of halogens is 1. The van der Waals surface area contributed by atoms with E-state index in [9.17, 15) is 4.39 Å². The molecule has 1 heterocycles. The highest BCUT2D eigenvalue weighted by atomic mass is 32.1. The van der Waals surface area contributed by atoms with Gasteiger partial charge in [0, 0.05) is 21.5 Å². The topological polar surface area (TPSA) is 21.3 Å². The number of rotatable bonds is 6. The lowest BCUT2D eigenvalue weighted by Gasteiger charge is -2.14. The summed E-state index contributed by atoms with van der Waals surface area (Å²) in [4.78, 5) is 2.63. The van der Waals surface area contributed by atoms with Crippen molar-refractivity contribution in [3.8, 4) is 5.75 Å². The summed E-state index contributed by atoms with van der Waals surface area (Å²) in [5, 5.41) is 3.32. The normalized spacial score (nSPS) is 12.2. The van der Waals surface area contributed by atoms with Crippen molar-refractivity contribution < 1.29 is 9.13 Å². The Balaban J connectivity index is 2.07. The third-order valence-electron chi connectivity index (χ3n) is 3.07. The molecular formula is C16H20FNOS. The molecule has 0 aliphatic carbocycles. The van der Waals surface area contributed by atoms with Gasteiger partial charge in [0.05, 0.1) is 12.6 Å². The summed E-state index contributed by atoms with van der Waals surface area (Å²) in [5.41, 5.74) is 0.768. The van der Waals surface area contributed by atoms with E-state index in [0.29, 0.717) is 12.4 Å². The number of hydrogen-bond donors (Lipinski definition) is 1. The Kier molecular flexibility index (Phi) is 5.01. The molecule has 1 aromatic carbocycles. The van der Waals surface area contributed by atoms with Crippen LogP contribution in [0, 0.1) is 5.82 Å². The molecule has 20 heavy (non-hydrogen) atoms. The summed E-state index contributed by atoms with van der Waals surface area (Å²) >= 11 is 1.79. The minimum absolute atomic E-state index is 0.164. The van der Waals surface area contributed by atoms with Gasteiger partial charge in [-0.15, -0.1) is 11.3 Å². The highest BCUT2D eigenvalue weighted by Gasteiger charge is 2.10. The Hall–Kier alpha value is -1.55. The van der Waals surface area contributed by atoms with E-state index in [1.54, 1.807) is 17.4 Å². The van der Waals surface area contributed by atoms with Crippen LogP contribution in [0.5, 0.6) is 5.75 Å². The molecule has 0 aliphatic rings. The maximum absolute atomic E-state index is 13.8. The minimum atomic E-state index is -0.329. The maximum Gasteiger partial charge on any atom is 0.167 e. The predicted octanol–water partition coefficient (Wildman–Crippen LogP) is 5.02. The molecular weight excluding hydrogens is 273 g/mol. The van der Waals surface area contributed by atoms with Gasteiger partial charge in [-0.2, -0.15) is 0 Å². The first-order chi connectivity index (χ1) is 9.63. The van der Waals surface area contributed by atoms with Crippen LogP contribution in [0.3, 0.4) is 0 Å². The standard InChI is InChI=1S/C16H20FNOS/c1-4-13-7-9-16(20-13)11(3)18-12-6-8-15(19-5-2)14(17)10-12/h6-11,18H,4-5H2,1-3H3. The van der Waals surface area contributed by atoms with Crippen LogP contribution in [-0.2, 0) is 6.42 Å². The van der Waals surface area contributed by atoms with Gasteiger partial charge >= 0.3 is 0 Å². The molecule has 1 atom stereocenters. The van der Waals surface area contributed by atoms with Crippen LogP contribution in [0.2, 0.25) is 0 Å². The predicted molar refractivity (Wildman–Crippen MR) is 83.3 cm³/mol. The van der Waals surface area contributed by atoms with Gasteiger partial charge < -0.3 is 10.1 Å². The zero-order valence-corrected chi connectivity index (χ0v) is 12.9. The minimum Gasteiger partial charge on any atom is -0.491 e. The van der Waals surface area contributed by atoms with Gasteiger partial charge in [-0.05, 0) is 44.5 Å². The molecule has 4 heteroatoms. The van der Waals surface area contributed by atoms with Crippen LogP contribution in [0.15, 0.2) is 30.3 Å². The van der Waals surface area contributed by atoms with E-state index in [0.717, 1.165) is 12.1 Å².